The van der Waals surface area contributed by atoms with Crippen LogP contribution >= 0.6 is 18.8 Å². The summed E-state index contributed by atoms with van der Waals surface area (Å²) in [4.78, 5) is 29.5. The molecule has 2 aromatic rings. The van der Waals surface area contributed by atoms with Crippen molar-refractivity contribution in [3.05, 3.63) is 17.0 Å². The zero-order valence-electron chi connectivity index (χ0n) is 17.3. The molecule has 11 heteroatoms. The van der Waals surface area contributed by atoms with Gasteiger partial charge in [-0.15, -0.1) is 0 Å². The van der Waals surface area contributed by atoms with E-state index in [9.17, 15) is 14.2 Å². The lowest BCUT2D eigenvalue weighted by Crippen LogP contribution is -2.39. The summed E-state index contributed by atoms with van der Waals surface area (Å²) in [7, 11) is -3.46. The van der Waals surface area contributed by atoms with Crippen molar-refractivity contribution in [3.63, 3.8) is 0 Å². The average Bonchev–Trinajstić information content (AvgIpc) is 3.27. The highest BCUT2D eigenvalue weighted by Gasteiger charge is 2.34. The van der Waals surface area contributed by atoms with Crippen LogP contribution in [0.2, 0.25) is 0 Å². The van der Waals surface area contributed by atoms with Crippen molar-refractivity contribution in [2.45, 2.75) is 46.1 Å². The van der Waals surface area contributed by atoms with Gasteiger partial charge in [0.25, 0.3) is 7.44 Å². The average molecular weight is 454 g/mol. The number of nitrogens with zero attached hydrogens (tertiary/aromatic N) is 1. The molecule has 4 N–H and O–H groups in total. The monoisotopic (exact) mass is 454 g/mol. The molecule has 0 radical (unpaired) electrons. The Balaban J connectivity index is 1.89. The summed E-state index contributed by atoms with van der Waals surface area (Å²) in [5.41, 5.74) is 6.36. The maximum Gasteiger partial charge on any atom is 0.323 e. The molecule has 2 heterocycles. The van der Waals surface area contributed by atoms with Crippen LogP contribution in [0.1, 0.15) is 49.7 Å². The van der Waals surface area contributed by atoms with Crippen LogP contribution in [0.25, 0.3) is 11.5 Å². The second kappa shape index (κ2) is 9.43. The molecule has 2 aromatic heterocycles. The van der Waals surface area contributed by atoms with Crippen molar-refractivity contribution in [3.8, 4) is 11.5 Å². The molecule has 0 aliphatic heterocycles. The van der Waals surface area contributed by atoms with Crippen LogP contribution in [0.4, 0.5) is 5.13 Å². The topological polar surface area (TPSA) is 137 Å². The van der Waals surface area contributed by atoms with Gasteiger partial charge in [0.15, 0.2) is 22.2 Å². The number of carbonyl (C=O) groups excluding carboxylic acids is 2. The number of ether oxygens (including phenoxy) is 1. The molecule has 30 heavy (non-hydrogen) atoms. The number of rotatable bonds is 10. The Hall–Kier alpha value is -2.00. The third kappa shape index (κ3) is 4.67. The maximum atomic E-state index is 13.5. The summed E-state index contributed by atoms with van der Waals surface area (Å²) >= 11 is 1.14. The molecular weight excluding hydrogens is 427 g/mol. The predicted molar refractivity (Wildman–Crippen MR) is 116 cm³/mol. The van der Waals surface area contributed by atoms with E-state index in [2.05, 4.69) is 15.2 Å². The Morgan fingerprint density at radius 3 is 2.73 bits per heavy atom. The molecular formula is C19H27N4O5PS. The Morgan fingerprint density at radius 2 is 2.13 bits per heavy atom. The summed E-state index contributed by atoms with van der Waals surface area (Å²) in [5, 5.41) is 5.96. The van der Waals surface area contributed by atoms with E-state index in [-0.39, 0.29) is 28.9 Å². The first-order valence-corrected chi connectivity index (χ1v) is 12.5. The molecule has 164 valence electrons. The van der Waals surface area contributed by atoms with Gasteiger partial charge in [0.1, 0.15) is 16.6 Å². The van der Waals surface area contributed by atoms with Crippen LogP contribution in [0, 0.1) is 5.92 Å². The molecule has 0 spiro atoms. The number of hydrogen-bond donors (Lipinski definition) is 3. The van der Waals surface area contributed by atoms with Crippen molar-refractivity contribution >= 4 is 41.2 Å². The number of esters is 1. The first-order valence-electron chi connectivity index (χ1n) is 10.00. The summed E-state index contributed by atoms with van der Waals surface area (Å²) < 4.78 is 24.4. The number of furan rings is 1. The molecule has 1 aliphatic rings. The first-order chi connectivity index (χ1) is 14.3. The summed E-state index contributed by atoms with van der Waals surface area (Å²) in [6, 6.07) is 2.35. The van der Waals surface area contributed by atoms with Crippen LogP contribution in [0.3, 0.4) is 0 Å². The minimum atomic E-state index is -3.46. The largest absolute Gasteiger partial charge is 0.465 e. The van der Waals surface area contributed by atoms with Gasteiger partial charge in [0, 0.05) is 12.5 Å². The number of thiazole rings is 1. The van der Waals surface area contributed by atoms with Gasteiger partial charge in [-0.25, -0.2) is 15.2 Å². The number of ketones is 1. The van der Waals surface area contributed by atoms with Crippen molar-refractivity contribution in [2.75, 3.05) is 18.9 Å². The molecule has 0 amide bonds. The quantitative estimate of drug-likeness (QED) is 0.281. The summed E-state index contributed by atoms with van der Waals surface area (Å²) in [6.45, 7) is 5.68. The highest BCUT2D eigenvalue weighted by atomic mass is 32.1. The number of aromatic nitrogens is 1. The molecule has 1 fully saturated rings. The molecule has 3 rings (SSSR count). The first kappa shape index (κ1) is 22.7. The van der Waals surface area contributed by atoms with Crippen LogP contribution in [0.5, 0.6) is 0 Å². The zero-order valence-corrected chi connectivity index (χ0v) is 19.0. The second-order valence-corrected chi connectivity index (χ2v) is 10.3. The van der Waals surface area contributed by atoms with Crippen LogP contribution < -0.4 is 21.4 Å². The third-order valence-corrected chi connectivity index (χ3v) is 8.15. The highest BCUT2D eigenvalue weighted by Crippen LogP contribution is 2.40. The van der Waals surface area contributed by atoms with Gasteiger partial charge in [-0.05, 0) is 38.8 Å². The molecule has 1 unspecified atom stereocenters. The van der Waals surface area contributed by atoms with Gasteiger partial charge >= 0.3 is 5.97 Å². The fourth-order valence-corrected chi connectivity index (χ4v) is 5.99. The number of carbonyl (C=O) groups is 2. The Morgan fingerprint density at radius 1 is 1.40 bits per heavy atom. The van der Waals surface area contributed by atoms with E-state index in [1.807, 2.05) is 0 Å². The van der Waals surface area contributed by atoms with Gasteiger partial charge in [-0.3, -0.25) is 14.2 Å². The number of hydrogen-bond acceptors (Lipinski definition) is 8. The Labute approximate surface area is 179 Å². The minimum Gasteiger partial charge on any atom is -0.465 e. The number of Topliss-reactive ketones (excluding diaryl/α,β-unsaturated/α-hetero) is 1. The number of nitrogens with one attached hydrogen (secondary N) is 2. The smallest absolute Gasteiger partial charge is 0.323 e. The van der Waals surface area contributed by atoms with E-state index in [0.29, 0.717) is 22.9 Å². The normalized spacial score (nSPS) is 17.2. The fraction of sp³-hybridized carbons (Fsp3) is 0.526. The molecule has 9 nitrogen and oxygen atoms in total. The molecule has 0 bridgehead atoms. The van der Waals surface area contributed by atoms with Crippen molar-refractivity contribution < 1.29 is 23.3 Å². The molecule has 0 saturated heterocycles. The fourth-order valence-electron chi connectivity index (χ4n) is 3.15. The van der Waals surface area contributed by atoms with Crippen molar-refractivity contribution in [1.29, 1.82) is 0 Å². The maximum absolute atomic E-state index is 13.5. The number of anilines is 1. The third-order valence-electron chi connectivity index (χ3n) is 4.88. The van der Waals surface area contributed by atoms with Gasteiger partial charge in [0.2, 0.25) is 0 Å². The predicted octanol–water partition coefficient (Wildman–Crippen LogP) is 2.94. The Kier molecular flexibility index (Phi) is 7.13. The van der Waals surface area contributed by atoms with E-state index < -0.39 is 19.5 Å². The van der Waals surface area contributed by atoms with Crippen LogP contribution in [0.15, 0.2) is 16.5 Å². The van der Waals surface area contributed by atoms with E-state index in [0.717, 1.165) is 30.6 Å². The Bertz CT molecular complexity index is 968. The van der Waals surface area contributed by atoms with Gasteiger partial charge in [0.05, 0.1) is 6.61 Å². The number of nitrogen functional groups attached to an aromatic ring is 1. The minimum absolute atomic E-state index is 0.00187. The molecule has 0 aromatic carbocycles. The van der Waals surface area contributed by atoms with E-state index in [1.54, 1.807) is 32.9 Å². The van der Waals surface area contributed by atoms with E-state index in [1.165, 1.54) is 0 Å². The standard InChI is InChI=1S/C19H27N4O5PS/c1-4-21-29(26,23-11(3)18(25)27-5-2)14-10-9-13(28-14)15-17(30-19(20)22-15)16(24)12-7-6-8-12/h9-12H,4-8H2,1-3H3,(H2,20,22)(H2,21,23,26)/t11-,29?/m0/s1. The van der Waals surface area contributed by atoms with E-state index >= 15 is 0 Å². The van der Waals surface area contributed by atoms with Crippen LogP contribution in [-0.4, -0.2) is 35.9 Å². The highest BCUT2D eigenvalue weighted by molar-refractivity contribution is 7.67. The zero-order chi connectivity index (χ0) is 21.9. The SMILES string of the molecule is CCNP(=O)(N[C@@H](C)C(=O)OCC)c1ccc(-c2nc(N)sc2C(=O)C2CCC2)o1. The van der Waals surface area contributed by atoms with Gasteiger partial charge in [-0.1, -0.05) is 24.7 Å². The summed E-state index contributed by atoms with van der Waals surface area (Å²) in [6.07, 6.45) is 2.77. The molecule has 2 atom stereocenters. The summed E-state index contributed by atoms with van der Waals surface area (Å²) in [5.74, 6) is -0.183. The second-order valence-electron chi connectivity index (χ2n) is 7.08. The van der Waals surface area contributed by atoms with Crippen molar-refractivity contribution in [1.82, 2.24) is 15.2 Å². The lowest BCUT2D eigenvalue weighted by atomic mass is 9.81. The van der Waals surface area contributed by atoms with Gasteiger partial charge in [-0.2, -0.15) is 0 Å². The molecule has 1 saturated carbocycles. The van der Waals surface area contributed by atoms with Gasteiger partial charge < -0.3 is 14.9 Å². The van der Waals surface area contributed by atoms with Crippen LogP contribution in [-0.2, 0) is 14.1 Å². The van der Waals surface area contributed by atoms with Crippen molar-refractivity contribution in [2.24, 2.45) is 5.92 Å². The van der Waals surface area contributed by atoms with E-state index in [4.69, 9.17) is 14.9 Å². The lowest BCUT2D eigenvalue weighted by molar-refractivity contribution is -0.144. The number of nitrogens with two attached hydrogens (primary N) is 1. The lowest BCUT2D eigenvalue weighted by Gasteiger charge is -2.23. The molecule has 1 aliphatic carbocycles.